The van der Waals surface area contributed by atoms with Gasteiger partial charge in [0.05, 0.1) is 11.4 Å². The maximum absolute atomic E-state index is 12.9. The highest BCUT2D eigenvalue weighted by Gasteiger charge is 2.43. The number of hydrogen-bond acceptors (Lipinski definition) is 4. The van der Waals surface area contributed by atoms with Gasteiger partial charge in [-0.25, -0.2) is 8.42 Å². The third-order valence-electron chi connectivity index (χ3n) is 3.30. The lowest BCUT2D eigenvalue weighted by atomic mass is 10.1. The normalized spacial score (nSPS) is 11.8. The van der Waals surface area contributed by atoms with Crippen molar-refractivity contribution in [2.45, 2.75) is 31.2 Å². The van der Waals surface area contributed by atoms with Crippen LogP contribution in [0.5, 0.6) is 0 Å². The van der Waals surface area contributed by atoms with Crippen LogP contribution in [-0.2, 0) is 19.6 Å². The highest BCUT2D eigenvalue weighted by molar-refractivity contribution is 7.89. The van der Waals surface area contributed by atoms with Crippen LogP contribution < -0.4 is 0 Å². The Balaban J connectivity index is 3.28. The van der Waals surface area contributed by atoms with Gasteiger partial charge in [-0.1, -0.05) is 36.3 Å². The monoisotopic (exact) mass is 335 g/mol. The van der Waals surface area contributed by atoms with E-state index in [9.17, 15) is 13.2 Å². The van der Waals surface area contributed by atoms with Crippen LogP contribution in [0.15, 0.2) is 41.8 Å². The third-order valence-corrected chi connectivity index (χ3v) is 5.33. The van der Waals surface area contributed by atoms with Gasteiger partial charge in [-0.15, -0.1) is 6.42 Å². The summed E-state index contributed by atoms with van der Waals surface area (Å²) in [7, 11) is -3.94. The number of sulfonamides is 1. The van der Waals surface area contributed by atoms with Crippen molar-refractivity contribution in [3.63, 3.8) is 0 Å². The summed E-state index contributed by atoms with van der Waals surface area (Å²) in [6.07, 6.45) is 6.71. The number of esters is 1. The zero-order valence-corrected chi connectivity index (χ0v) is 14.4. The van der Waals surface area contributed by atoms with E-state index in [0.717, 1.165) is 9.87 Å². The first-order valence-corrected chi connectivity index (χ1v) is 8.43. The van der Waals surface area contributed by atoms with Crippen LogP contribution in [0.2, 0.25) is 0 Å². The van der Waals surface area contributed by atoms with Crippen molar-refractivity contribution >= 4 is 16.0 Å². The molecule has 1 aromatic rings. The van der Waals surface area contributed by atoms with E-state index in [1.165, 1.54) is 32.1 Å². The van der Waals surface area contributed by atoms with Gasteiger partial charge in [-0.05, 0) is 32.9 Å². The maximum atomic E-state index is 12.9. The fourth-order valence-electron chi connectivity index (χ4n) is 1.92. The smallest absolute Gasteiger partial charge is 0.327 e. The first-order chi connectivity index (χ1) is 10.7. The Morgan fingerprint density at radius 3 is 2.43 bits per heavy atom. The molecule has 0 atom stereocenters. The zero-order valence-electron chi connectivity index (χ0n) is 13.6. The van der Waals surface area contributed by atoms with Crippen LogP contribution in [0.25, 0.3) is 0 Å². The summed E-state index contributed by atoms with van der Waals surface area (Å²) < 4.78 is 31.7. The van der Waals surface area contributed by atoms with Crippen LogP contribution in [0.1, 0.15) is 19.4 Å². The lowest BCUT2D eigenvalue weighted by Gasteiger charge is -2.33. The molecule has 0 aliphatic heterocycles. The molecule has 0 saturated heterocycles. The minimum absolute atomic E-state index is 0.00324. The molecule has 0 aliphatic rings. The summed E-state index contributed by atoms with van der Waals surface area (Å²) in [5.74, 6) is 1.60. The highest BCUT2D eigenvalue weighted by atomic mass is 32.2. The van der Waals surface area contributed by atoms with E-state index in [0.29, 0.717) is 0 Å². The molecule has 0 aliphatic carbocycles. The molecule has 6 heteroatoms. The number of benzene rings is 1. The molecule has 0 fully saturated rings. The van der Waals surface area contributed by atoms with Gasteiger partial charge < -0.3 is 4.74 Å². The molecular weight excluding hydrogens is 314 g/mol. The zero-order chi connectivity index (χ0) is 17.7. The molecule has 1 rings (SSSR count). The van der Waals surface area contributed by atoms with Gasteiger partial charge in [0.1, 0.15) is 12.1 Å². The topological polar surface area (TPSA) is 63.7 Å². The minimum Gasteiger partial charge on any atom is -0.460 e. The van der Waals surface area contributed by atoms with E-state index in [1.807, 2.05) is 6.92 Å². The molecule has 1 aromatic carbocycles. The molecule has 0 heterocycles. The summed E-state index contributed by atoms with van der Waals surface area (Å²) in [5.41, 5.74) is -0.517. The number of carbonyl (C=O) groups excluding carboxylic acids is 1. The maximum Gasteiger partial charge on any atom is 0.327 e. The molecule has 0 aromatic heterocycles. The molecule has 0 N–H and O–H groups in total. The van der Waals surface area contributed by atoms with Gasteiger partial charge in [-0.2, -0.15) is 4.31 Å². The summed E-state index contributed by atoms with van der Waals surface area (Å²) in [6.45, 7) is 7.99. The first kappa shape index (κ1) is 18.9. The van der Waals surface area contributed by atoms with Gasteiger partial charge in [0.2, 0.25) is 10.0 Å². The molecule has 0 bridgehead atoms. The molecule has 23 heavy (non-hydrogen) atoms. The van der Waals surface area contributed by atoms with E-state index in [2.05, 4.69) is 12.5 Å². The Morgan fingerprint density at radius 1 is 1.39 bits per heavy atom. The van der Waals surface area contributed by atoms with Crippen LogP contribution in [0.3, 0.4) is 0 Å². The average molecular weight is 335 g/mol. The Kier molecular flexibility index (Phi) is 6.13. The van der Waals surface area contributed by atoms with Gasteiger partial charge in [0.25, 0.3) is 0 Å². The standard InChI is InChI=1S/C17H21NO4S/c1-6-12-18(17(4,5)16(19)22-13-7-2)23(20,21)15-10-8-14(3)9-11-15/h1,7-11H,2,12-13H2,3-5H3. The number of terminal acetylenes is 1. The fourth-order valence-corrected chi connectivity index (χ4v) is 3.57. The van der Waals surface area contributed by atoms with Gasteiger partial charge >= 0.3 is 5.97 Å². The second-order valence-electron chi connectivity index (χ2n) is 5.48. The third kappa shape index (κ3) is 4.21. The second kappa shape index (κ2) is 7.44. The molecule has 0 saturated carbocycles. The molecule has 5 nitrogen and oxygen atoms in total. The Morgan fingerprint density at radius 2 is 1.96 bits per heavy atom. The van der Waals surface area contributed by atoms with Crippen molar-refractivity contribution in [2.75, 3.05) is 13.2 Å². The predicted octanol–water partition coefficient (Wildman–Crippen LogP) is 2.13. The number of aryl methyl sites for hydroxylation is 1. The van der Waals surface area contributed by atoms with E-state index in [4.69, 9.17) is 11.2 Å². The Hall–Kier alpha value is -2.10. The van der Waals surface area contributed by atoms with Crippen LogP contribution in [0, 0.1) is 19.3 Å². The van der Waals surface area contributed by atoms with Gasteiger partial charge in [-0.3, -0.25) is 4.79 Å². The van der Waals surface area contributed by atoms with Crippen molar-refractivity contribution in [1.82, 2.24) is 4.31 Å². The van der Waals surface area contributed by atoms with Crippen molar-refractivity contribution in [1.29, 1.82) is 0 Å². The van der Waals surface area contributed by atoms with Crippen molar-refractivity contribution in [2.24, 2.45) is 0 Å². The largest absolute Gasteiger partial charge is 0.460 e. The number of hydrogen-bond donors (Lipinski definition) is 0. The molecule has 0 radical (unpaired) electrons. The molecular formula is C17H21NO4S. The van der Waals surface area contributed by atoms with Crippen molar-refractivity contribution in [3.8, 4) is 12.3 Å². The van der Waals surface area contributed by atoms with E-state index >= 15 is 0 Å². The average Bonchev–Trinajstić information content (AvgIpc) is 2.50. The lowest BCUT2D eigenvalue weighted by molar-refractivity contribution is -0.151. The lowest BCUT2D eigenvalue weighted by Crippen LogP contribution is -2.53. The number of carbonyl (C=O) groups is 1. The van der Waals surface area contributed by atoms with E-state index < -0.39 is 21.5 Å². The van der Waals surface area contributed by atoms with Crippen LogP contribution in [0.4, 0.5) is 0 Å². The minimum atomic E-state index is -3.94. The Bertz CT molecular complexity index is 712. The summed E-state index contributed by atoms with van der Waals surface area (Å²) in [4.78, 5) is 12.3. The first-order valence-electron chi connectivity index (χ1n) is 6.99. The van der Waals surface area contributed by atoms with Gasteiger partial charge in [0, 0.05) is 0 Å². The van der Waals surface area contributed by atoms with Gasteiger partial charge in [0.15, 0.2) is 0 Å². The second-order valence-corrected chi connectivity index (χ2v) is 7.34. The molecule has 0 amide bonds. The van der Waals surface area contributed by atoms with Crippen molar-refractivity contribution < 1.29 is 17.9 Å². The molecule has 0 spiro atoms. The molecule has 0 unspecified atom stereocenters. The molecule has 124 valence electrons. The fraction of sp³-hybridized carbons (Fsp3) is 0.353. The van der Waals surface area contributed by atoms with Crippen LogP contribution in [-0.4, -0.2) is 37.4 Å². The highest BCUT2D eigenvalue weighted by Crippen LogP contribution is 2.26. The summed E-state index contributed by atoms with van der Waals surface area (Å²) >= 11 is 0. The van der Waals surface area contributed by atoms with E-state index in [-0.39, 0.29) is 18.0 Å². The number of ether oxygens (including phenoxy) is 1. The summed E-state index contributed by atoms with van der Waals surface area (Å²) in [6, 6.07) is 6.34. The SMILES string of the molecule is C#CCN(C(C)(C)C(=O)OCC=C)S(=O)(=O)c1ccc(C)cc1. The summed E-state index contributed by atoms with van der Waals surface area (Å²) in [5, 5.41) is 0. The van der Waals surface area contributed by atoms with E-state index in [1.54, 1.807) is 12.1 Å². The predicted molar refractivity (Wildman–Crippen MR) is 89.1 cm³/mol. The van der Waals surface area contributed by atoms with Crippen molar-refractivity contribution in [3.05, 3.63) is 42.5 Å². The van der Waals surface area contributed by atoms with Crippen LogP contribution >= 0.6 is 0 Å². The Labute approximate surface area is 138 Å². The number of rotatable bonds is 7. The quantitative estimate of drug-likeness (QED) is 0.435. The number of nitrogens with zero attached hydrogens (tertiary/aromatic N) is 1.